The molecule has 1 rings (SSSR count). The van der Waals surface area contributed by atoms with E-state index in [2.05, 4.69) is 10.0 Å². The summed E-state index contributed by atoms with van der Waals surface area (Å²) in [6, 6.07) is 3.41. The van der Waals surface area contributed by atoms with Crippen LogP contribution in [0.2, 0.25) is 5.02 Å². The maximum Gasteiger partial charge on any atom is 0.408 e. The Balaban J connectivity index is 2.69. The van der Waals surface area contributed by atoms with Gasteiger partial charge in [0, 0.05) is 4.90 Å². The van der Waals surface area contributed by atoms with Gasteiger partial charge in [-0.2, -0.15) is 0 Å². The number of hydrogen-bond donors (Lipinski definition) is 2. The van der Waals surface area contributed by atoms with Gasteiger partial charge < -0.3 is 10.1 Å². The molecule has 0 spiro atoms. The molecular weight excluding hydrogens is 367 g/mol. The lowest BCUT2D eigenvalue weighted by Crippen LogP contribution is -2.47. The van der Waals surface area contributed by atoms with Crippen LogP contribution in [0.15, 0.2) is 23.1 Å². The van der Waals surface area contributed by atoms with Crippen LogP contribution < -0.4 is 10.0 Å². The van der Waals surface area contributed by atoms with Crippen molar-refractivity contribution in [2.24, 2.45) is 5.92 Å². The van der Waals surface area contributed by atoms with Crippen molar-refractivity contribution in [1.29, 1.82) is 0 Å². The molecule has 1 unspecified atom stereocenters. The van der Waals surface area contributed by atoms with Crippen molar-refractivity contribution in [3.63, 3.8) is 0 Å². The van der Waals surface area contributed by atoms with E-state index in [1.165, 1.54) is 18.2 Å². The number of nitrogens with one attached hydrogen (secondary N) is 2. The van der Waals surface area contributed by atoms with Crippen LogP contribution in [0.3, 0.4) is 0 Å². The molecule has 1 aromatic rings. The predicted octanol–water partition coefficient (Wildman–Crippen LogP) is 4.54. The molecule has 0 saturated carbocycles. The van der Waals surface area contributed by atoms with E-state index in [0.717, 1.165) is 11.9 Å². The topological polar surface area (TPSA) is 67.4 Å². The van der Waals surface area contributed by atoms with Gasteiger partial charge in [-0.1, -0.05) is 25.4 Å². The molecule has 0 aliphatic rings. The lowest BCUT2D eigenvalue weighted by Gasteiger charge is -2.24. The summed E-state index contributed by atoms with van der Waals surface area (Å²) in [4.78, 5) is 24.9. The number of halogens is 2. The molecule has 1 aromatic carbocycles. The molecule has 25 heavy (non-hydrogen) atoms. The molecule has 2 N–H and O–H groups in total. The molecule has 0 fully saturated rings. The molecule has 0 aliphatic carbocycles. The Kier molecular flexibility index (Phi) is 8.02. The van der Waals surface area contributed by atoms with E-state index in [1.54, 1.807) is 20.8 Å². The Morgan fingerprint density at radius 2 is 1.96 bits per heavy atom. The van der Waals surface area contributed by atoms with Gasteiger partial charge in [0.25, 0.3) is 5.91 Å². The van der Waals surface area contributed by atoms with Gasteiger partial charge in [-0.15, -0.1) is 0 Å². The van der Waals surface area contributed by atoms with Gasteiger partial charge in [0.15, 0.2) is 0 Å². The Morgan fingerprint density at radius 1 is 1.32 bits per heavy atom. The summed E-state index contributed by atoms with van der Waals surface area (Å²) in [6.07, 6.45) is -0.196. The van der Waals surface area contributed by atoms with E-state index >= 15 is 0 Å². The minimum Gasteiger partial charge on any atom is -0.444 e. The third kappa shape index (κ3) is 8.45. The van der Waals surface area contributed by atoms with Crippen molar-refractivity contribution in [3.8, 4) is 0 Å². The van der Waals surface area contributed by atoms with Gasteiger partial charge in [-0.25, -0.2) is 9.18 Å². The summed E-state index contributed by atoms with van der Waals surface area (Å²) < 4.78 is 21.0. The average Bonchev–Trinajstić information content (AvgIpc) is 2.45. The van der Waals surface area contributed by atoms with Gasteiger partial charge >= 0.3 is 6.09 Å². The van der Waals surface area contributed by atoms with Gasteiger partial charge in [-0.05, 0) is 63.3 Å². The maximum atomic E-state index is 13.2. The third-order valence-corrected chi connectivity index (χ3v) is 3.96. The molecule has 0 saturated heterocycles. The van der Waals surface area contributed by atoms with Crippen molar-refractivity contribution in [2.75, 3.05) is 0 Å². The molecule has 5 nitrogen and oxygen atoms in total. The van der Waals surface area contributed by atoms with Gasteiger partial charge in [-0.3, -0.25) is 9.52 Å². The van der Waals surface area contributed by atoms with Gasteiger partial charge in [0.1, 0.15) is 17.5 Å². The minimum atomic E-state index is -0.738. The van der Waals surface area contributed by atoms with Crippen molar-refractivity contribution >= 4 is 35.5 Å². The van der Waals surface area contributed by atoms with E-state index in [4.69, 9.17) is 16.3 Å². The summed E-state index contributed by atoms with van der Waals surface area (Å²) >= 11 is 6.72. The molecule has 0 aromatic heterocycles. The van der Waals surface area contributed by atoms with Crippen molar-refractivity contribution < 1.29 is 18.7 Å². The second-order valence-corrected chi connectivity index (χ2v) is 8.26. The first-order chi connectivity index (χ1) is 11.5. The van der Waals surface area contributed by atoms with E-state index in [9.17, 15) is 14.0 Å². The minimum absolute atomic E-state index is 0.0233. The Hall–Kier alpha value is -1.47. The Bertz CT molecular complexity index is 620. The number of amides is 2. The number of benzene rings is 1. The first kappa shape index (κ1) is 21.6. The lowest BCUT2D eigenvalue weighted by molar-refractivity contribution is -0.121. The molecule has 0 aliphatic heterocycles. The number of carbonyl (C=O) groups excluding carboxylic acids is 2. The number of hydrogen-bond acceptors (Lipinski definition) is 4. The standard InChI is InChI=1S/C17H24ClFN2O3S/c1-10(2)8-14(20-16(23)24-17(3,4)5)15(22)21-25-11-6-7-13(19)12(18)9-11/h6-7,9-10,14H,8H2,1-5H3,(H,20,23)(H,21,22). The summed E-state index contributed by atoms with van der Waals surface area (Å²) in [5.41, 5.74) is -0.650. The number of alkyl carbamates (subject to hydrolysis) is 1. The van der Waals surface area contributed by atoms with Crippen LogP contribution in [-0.2, 0) is 9.53 Å². The first-order valence-corrected chi connectivity index (χ1v) is 9.08. The lowest BCUT2D eigenvalue weighted by atomic mass is 10.0. The van der Waals surface area contributed by atoms with Crippen LogP contribution in [-0.4, -0.2) is 23.6 Å². The summed E-state index contributed by atoms with van der Waals surface area (Å²) in [6.45, 7) is 9.14. The second kappa shape index (κ2) is 9.29. The highest BCUT2D eigenvalue weighted by atomic mass is 35.5. The molecule has 0 radical (unpaired) electrons. The van der Waals surface area contributed by atoms with Crippen LogP contribution in [0, 0.1) is 11.7 Å². The van der Waals surface area contributed by atoms with E-state index in [-0.39, 0.29) is 16.8 Å². The first-order valence-electron chi connectivity index (χ1n) is 7.89. The normalized spacial score (nSPS) is 12.6. The smallest absolute Gasteiger partial charge is 0.408 e. The highest BCUT2D eigenvalue weighted by molar-refractivity contribution is 7.98. The molecule has 8 heteroatoms. The summed E-state index contributed by atoms with van der Waals surface area (Å²) in [7, 11) is 0. The second-order valence-electron chi connectivity index (χ2n) is 6.97. The molecule has 0 bridgehead atoms. The highest BCUT2D eigenvalue weighted by Gasteiger charge is 2.25. The highest BCUT2D eigenvalue weighted by Crippen LogP contribution is 2.22. The zero-order valence-electron chi connectivity index (χ0n) is 15.0. The fourth-order valence-corrected chi connectivity index (χ4v) is 2.79. The number of ether oxygens (including phenoxy) is 1. The van der Waals surface area contributed by atoms with E-state index in [1.807, 2.05) is 13.8 Å². The average molecular weight is 391 g/mol. The van der Waals surface area contributed by atoms with E-state index < -0.39 is 23.6 Å². The van der Waals surface area contributed by atoms with Crippen LogP contribution in [0.5, 0.6) is 0 Å². The number of rotatable bonds is 6. The van der Waals surface area contributed by atoms with Gasteiger partial charge in [0.05, 0.1) is 5.02 Å². The zero-order chi connectivity index (χ0) is 19.2. The van der Waals surface area contributed by atoms with Crippen molar-refractivity contribution in [2.45, 2.75) is 57.6 Å². The summed E-state index contributed by atoms with van der Waals surface area (Å²) in [5, 5.41) is 2.57. The Labute approximate surface area is 157 Å². The molecule has 140 valence electrons. The predicted molar refractivity (Wildman–Crippen MR) is 98.0 cm³/mol. The zero-order valence-corrected chi connectivity index (χ0v) is 16.6. The fraction of sp³-hybridized carbons (Fsp3) is 0.529. The monoisotopic (exact) mass is 390 g/mol. The fourth-order valence-electron chi connectivity index (χ4n) is 1.87. The quantitative estimate of drug-likeness (QED) is 0.699. The van der Waals surface area contributed by atoms with Crippen LogP contribution >= 0.6 is 23.5 Å². The largest absolute Gasteiger partial charge is 0.444 e. The SMILES string of the molecule is CC(C)CC(NC(=O)OC(C)(C)C)C(=O)NSc1ccc(F)c(Cl)c1. The van der Waals surface area contributed by atoms with Crippen LogP contribution in [0.4, 0.5) is 9.18 Å². The summed E-state index contributed by atoms with van der Waals surface area (Å²) in [5.74, 6) is -0.706. The third-order valence-electron chi connectivity index (χ3n) is 2.88. The Morgan fingerprint density at radius 3 is 2.48 bits per heavy atom. The maximum absolute atomic E-state index is 13.2. The molecule has 1 atom stereocenters. The van der Waals surface area contributed by atoms with E-state index in [0.29, 0.717) is 11.3 Å². The molecule has 2 amide bonds. The van der Waals surface area contributed by atoms with Crippen molar-refractivity contribution in [1.82, 2.24) is 10.0 Å². The van der Waals surface area contributed by atoms with Crippen LogP contribution in [0.1, 0.15) is 41.0 Å². The molecular formula is C17H24ClFN2O3S. The van der Waals surface area contributed by atoms with Crippen LogP contribution in [0.25, 0.3) is 0 Å². The van der Waals surface area contributed by atoms with Gasteiger partial charge in [0.2, 0.25) is 0 Å². The van der Waals surface area contributed by atoms with Crippen molar-refractivity contribution in [3.05, 3.63) is 29.0 Å². The number of carbonyl (C=O) groups is 2. The molecule has 0 heterocycles.